The Bertz CT molecular complexity index is 154. The number of ketones is 1. The van der Waals surface area contributed by atoms with Gasteiger partial charge >= 0.3 is 0 Å². The van der Waals surface area contributed by atoms with Crippen molar-refractivity contribution in [2.24, 2.45) is 17.6 Å². The van der Waals surface area contributed by atoms with Crippen molar-refractivity contribution in [3.8, 4) is 0 Å². The average Bonchev–Trinajstić information content (AvgIpc) is 2.11. The highest BCUT2D eigenvalue weighted by Crippen LogP contribution is 2.13. The molecule has 2 N–H and O–H groups in total. The van der Waals surface area contributed by atoms with Gasteiger partial charge in [0.15, 0.2) is 5.78 Å². The van der Waals surface area contributed by atoms with Crippen LogP contribution in [0.2, 0.25) is 0 Å². The number of rotatable bonds is 6. The number of hydrogen-bond acceptors (Lipinski definition) is 2. The third-order valence-electron chi connectivity index (χ3n) is 2.52. The standard InChI is InChI=1S/C11H23NO/c1-5-6-7-9(4)11(13)10(12)8(2)3/h8-10H,5-7,12H2,1-4H3/t9?,10-/m0/s1. The molecule has 13 heavy (non-hydrogen) atoms. The number of carbonyl (C=O) groups excluding carboxylic acids is 1. The van der Waals surface area contributed by atoms with Gasteiger partial charge in [0.25, 0.3) is 0 Å². The first-order valence-electron chi connectivity index (χ1n) is 5.30. The van der Waals surface area contributed by atoms with Gasteiger partial charge in [0.2, 0.25) is 0 Å². The molecule has 0 aromatic rings. The van der Waals surface area contributed by atoms with Crippen LogP contribution in [0.4, 0.5) is 0 Å². The molecule has 0 aliphatic carbocycles. The van der Waals surface area contributed by atoms with Crippen LogP contribution in [0.1, 0.15) is 47.0 Å². The molecule has 0 aromatic carbocycles. The van der Waals surface area contributed by atoms with Crippen LogP contribution >= 0.6 is 0 Å². The molecule has 0 aromatic heterocycles. The fourth-order valence-corrected chi connectivity index (χ4v) is 1.31. The number of hydrogen-bond donors (Lipinski definition) is 1. The summed E-state index contributed by atoms with van der Waals surface area (Å²) >= 11 is 0. The molecule has 0 heterocycles. The fourth-order valence-electron chi connectivity index (χ4n) is 1.31. The molecule has 2 heteroatoms. The van der Waals surface area contributed by atoms with Gasteiger partial charge in [-0.2, -0.15) is 0 Å². The van der Waals surface area contributed by atoms with E-state index in [1.54, 1.807) is 0 Å². The van der Waals surface area contributed by atoms with E-state index in [9.17, 15) is 4.79 Å². The molecule has 0 saturated carbocycles. The Hall–Kier alpha value is -0.370. The summed E-state index contributed by atoms with van der Waals surface area (Å²) in [6, 6.07) is -0.271. The monoisotopic (exact) mass is 185 g/mol. The van der Waals surface area contributed by atoms with E-state index in [1.807, 2.05) is 20.8 Å². The predicted octanol–water partition coefficient (Wildman–Crippen LogP) is 2.37. The number of unbranched alkanes of at least 4 members (excludes halogenated alkanes) is 1. The Kier molecular flexibility index (Phi) is 5.97. The zero-order valence-corrected chi connectivity index (χ0v) is 9.34. The van der Waals surface area contributed by atoms with Crippen molar-refractivity contribution in [3.63, 3.8) is 0 Å². The summed E-state index contributed by atoms with van der Waals surface area (Å²) in [5, 5.41) is 0. The van der Waals surface area contributed by atoms with Gasteiger partial charge in [-0.15, -0.1) is 0 Å². The van der Waals surface area contributed by atoms with Crippen LogP contribution in [0.5, 0.6) is 0 Å². The van der Waals surface area contributed by atoms with Crippen molar-refractivity contribution in [1.29, 1.82) is 0 Å². The van der Waals surface area contributed by atoms with E-state index < -0.39 is 0 Å². The summed E-state index contributed by atoms with van der Waals surface area (Å²) in [6.45, 7) is 8.12. The fraction of sp³-hybridized carbons (Fsp3) is 0.909. The van der Waals surface area contributed by atoms with Gasteiger partial charge in [0, 0.05) is 5.92 Å². The van der Waals surface area contributed by atoms with Gasteiger partial charge in [0.05, 0.1) is 6.04 Å². The summed E-state index contributed by atoms with van der Waals surface area (Å²) in [4.78, 5) is 11.7. The van der Waals surface area contributed by atoms with Crippen LogP contribution in [0.25, 0.3) is 0 Å². The SMILES string of the molecule is CCCCC(C)C(=O)[C@@H](N)C(C)C. The lowest BCUT2D eigenvalue weighted by atomic mass is 9.90. The second-order valence-electron chi connectivity index (χ2n) is 4.22. The lowest BCUT2D eigenvalue weighted by molar-refractivity contribution is -0.124. The topological polar surface area (TPSA) is 43.1 Å². The van der Waals surface area contributed by atoms with Crippen molar-refractivity contribution in [2.45, 2.75) is 53.0 Å². The molecule has 0 aliphatic rings. The first kappa shape index (κ1) is 12.6. The molecule has 2 nitrogen and oxygen atoms in total. The molecule has 1 unspecified atom stereocenters. The van der Waals surface area contributed by atoms with E-state index >= 15 is 0 Å². The van der Waals surface area contributed by atoms with E-state index in [2.05, 4.69) is 6.92 Å². The quantitative estimate of drug-likeness (QED) is 0.690. The Morgan fingerprint density at radius 3 is 2.23 bits per heavy atom. The Labute approximate surface area is 81.9 Å². The Morgan fingerprint density at radius 1 is 1.31 bits per heavy atom. The second-order valence-corrected chi connectivity index (χ2v) is 4.22. The number of Topliss-reactive ketones (excluding diaryl/α,β-unsaturated/α-hetero) is 1. The normalized spacial score (nSPS) is 15.8. The molecule has 0 amide bonds. The lowest BCUT2D eigenvalue weighted by Crippen LogP contribution is -2.38. The van der Waals surface area contributed by atoms with Crippen LogP contribution in [0, 0.1) is 11.8 Å². The Morgan fingerprint density at radius 2 is 1.85 bits per heavy atom. The molecule has 0 aliphatic heterocycles. The lowest BCUT2D eigenvalue weighted by Gasteiger charge is -2.18. The minimum absolute atomic E-state index is 0.136. The molecule has 78 valence electrons. The molecule has 2 atom stereocenters. The van der Waals surface area contributed by atoms with E-state index in [0.29, 0.717) is 0 Å². The van der Waals surface area contributed by atoms with E-state index in [4.69, 9.17) is 5.73 Å². The summed E-state index contributed by atoms with van der Waals surface area (Å²) in [5.41, 5.74) is 5.78. The number of carbonyl (C=O) groups is 1. The van der Waals surface area contributed by atoms with Crippen molar-refractivity contribution in [1.82, 2.24) is 0 Å². The van der Waals surface area contributed by atoms with E-state index in [0.717, 1.165) is 19.3 Å². The van der Waals surface area contributed by atoms with Crippen LogP contribution in [-0.2, 0) is 4.79 Å². The van der Waals surface area contributed by atoms with Crippen LogP contribution in [0.15, 0.2) is 0 Å². The van der Waals surface area contributed by atoms with Gasteiger partial charge in [-0.1, -0.05) is 40.5 Å². The van der Waals surface area contributed by atoms with Crippen LogP contribution in [0.3, 0.4) is 0 Å². The van der Waals surface area contributed by atoms with Gasteiger partial charge in [-0.05, 0) is 12.3 Å². The highest BCUT2D eigenvalue weighted by atomic mass is 16.1. The molecule has 0 saturated heterocycles. The zero-order chi connectivity index (χ0) is 10.4. The maximum atomic E-state index is 11.7. The zero-order valence-electron chi connectivity index (χ0n) is 9.34. The van der Waals surface area contributed by atoms with E-state index in [-0.39, 0.29) is 23.7 Å². The van der Waals surface area contributed by atoms with Gasteiger partial charge in [-0.25, -0.2) is 0 Å². The first-order valence-corrected chi connectivity index (χ1v) is 5.30. The molecule has 0 fully saturated rings. The average molecular weight is 185 g/mol. The third kappa shape index (κ3) is 4.41. The largest absolute Gasteiger partial charge is 0.321 e. The molecular weight excluding hydrogens is 162 g/mol. The van der Waals surface area contributed by atoms with Crippen molar-refractivity contribution >= 4 is 5.78 Å². The van der Waals surface area contributed by atoms with Crippen LogP contribution < -0.4 is 5.73 Å². The summed E-state index contributed by atoms with van der Waals surface area (Å²) in [6.07, 6.45) is 3.25. The highest BCUT2D eigenvalue weighted by Gasteiger charge is 2.22. The summed E-state index contributed by atoms with van der Waals surface area (Å²) < 4.78 is 0. The van der Waals surface area contributed by atoms with Gasteiger partial charge in [0.1, 0.15) is 0 Å². The minimum Gasteiger partial charge on any atom is -0.321 e. The van der Waals surface area contributed by atoms with Gasteiger partial charge in [-0.3, -0.25) is 4.79 Å². The molecule has 0 radical (unpaired) electrons. The van der Waals surface area contributed by atoms with Crippen LogP contribution in [-0.4, -0.2) is 11.8 Å². The molecule has 0 rings (SSSR count). The maximum Gasteiger partial charge on any atom is 0.152 e. The third-order valence-corrected chi connectivity index (χ3v) is 2.52. The van der Waals surface area contributed by atoms with Crippen molar-refractivity contribution in [3.05, 3.63) is 0 Å². The second kappa shape index (κ2) is 6.14. The highest BCUT2D eigenvalue weighted by molar-refractivity contribution is 5.85. The van der Waals surface area contributed by atoms with E-state index in [1.165, 1.54) is 0 Å². The first-order chi connectivity index (χ1) is 6.00. The predicted molar refractivity (Wildman–Crippen MR) is 56.5 cm³/mol. The summed E-state index contributed by atoms with van der Waals surface area (Å²) in [7, 11) is 0. The summed E-state index contributed by atoms with van der Waals surface area (Å²) in [5.74, 6) is 0.623. The van der Waals surface area contributed by atoms with Crippen molar-refractivity contribution < 1.29 is 4.79 Å². The molecule has 0 spiro atoms. The minimum atomic E-state index is -0.271. The molecular formula is C11H23NO. The number of nitrogens with two attached hydrogens (primary N) is 1. The smallest absolute Gasteiger partial charge is 0.152 e. The van der Waals surface area contributed by atoms with Crippen molar-refractivity contribution in [2.75, 3.05) is 0 Å². The molecule has 0 bridgehead atoms. The maximum absolute atomic E-state index is 11.7. The Balaban J connectivity index is 3.94. The van der Waals surface area contributed by atoms with Gasteiger partial charge < -0.3 is 5.73 Å².